The second-order valence-corrected chi connectivity index (χ2v) is 3.62. The molecular weight excluding hydrogens is 250 g/mol. The van der Waals surface area contributed by atoms with Crippen LogP contribution in [0, 0.1) is 11.3 Å². The fourth-order valence-electron chi connectivity index (χ4n) is 1.22. The summed E-state index contributed by atoms with van der Waals surface area (Å²) >= 11 is 3.27. The number of fused-ring (bicyclic) bond motifs is 1. The molecule has 1 heterocycles. The van der Waals surface area contributed by atoms with Crippen molar-refractivity contribution in [2.24, 2.45) is 0 Å². The van der Waals surface area contributed by atoms with Crippen molar-refractivity contribution >= 4 is 15.9 Å². The maximum atomic E-state index is 9.31. The molecule has 1 aliphatic heterocycles. The highest BCUT2D eigenvalue weighted by Gasteiger charge is 2.20. The molecule has 0 saturated carbocycles. The topological polar surface area (TPSA) is 62.5 Å². The SMILES string of the molecule is N#CC(O)c1cc(Br)c2c(c1)OCO2. The lowest BCUT2D eigenvalue weighted by molar-refractivity contribution is 0.173. The van der Waals surface area contributed by atoms with E-state index in [-0.39, 0.29) is 6.79 Å². The van der Waals surface area contributed by atoms with Crippen LogP contribution in [0.15, 0.2) is 16.6 Å². The summed E-state index contributed by atoms with van der Waals surface area (Å²) in [4.78, 5) is 0. The van der Waals surface area contributed by atoms with Crippen molar-refractivity contribution in [3.63, 3.8) is 0 Å². The number of aliphatic hydroxyl groups is 1. The zero-order valence-corrected chi connectivity index (χ0v) is 8.61. The van der Waals surface area contributed by atoms with Crippen molar-refractivity contribution < 1.29 is 14.6 Å². The van der Waals surface area contributed by atoms with Crippen molar-refractivity contribution in [3.8, 4) is 17.6 Å². The summed E-state index contributed by atoms with van der Waals surface area (Å²) in [6, 6.07) is 4.98. The van der Waals surface area contributed by atoms with Crippen LogP contribution in [0.2, 0.25) is 0 Å². The van der Waals surface area contributed by atoms with Gasteiger partial charge in [-0.1, -0.05) is 0 Å². The third kappa shape index (κ3) is 1.43. The Morgan fingerprint density at radius 3 is 3.00 bits per heavy atom. The summed E-state index contributed by atoms with van der Waals surface area (Å²) in [5, 5.41) is 17.8. The van der Waals surface area contributed by atoms with E-state index in [0.29, 0.717) is 21.5 Å². The van der Waals surface area contributed by atoms with Gasteiger partial charge in [-0.2, -0.15) is 5.26 Å². The van der Waals surface area contributed by atoms with E-state index in [4.69, 9.17) is 14.7 Å². The van der Waals surface area contributed by atoms with Crippen LogP contribution in [0.1, 0.15) is 11.7 Å². The summed E-state index contributed by atoms with van der Waals surface area (Å²) in [5.41, 5.74) is 0.489. The lowest BCUT2D eigenvalue weighted by Gasteiger charge is -2.05. The standard InChI is InChI=1S/C9H6BrNO3/c10-6-1-5(7(12)3-11)2-8-9(6)14-4-13-8/h1-2,7,12H,4H2. The van der Waals surface area contributed by atoms with Gasteiger partial charge in [0.25, 0.3) is 0 Å². The molecule has 0 bridgehead atoms. The van der Waals surface area contributed by atoms with Crippen LogP contribution in [-0.2, 0) is 0 Å². The van der Waals surface area contributed by atoms with Gasteiger partial charge in [0, 0.05) is 0 Å². The molecule has 4 nitrogen and oxygen atoms in total. The van der Waals surface area contributed by atoms with Gasteiger partial charge in [0.1, 0.15) is 0 Å². The summed E-state index contributed by atoms with van der Waals surface area (Å²) in [6.07, 6.45) is -1.14. The largest absolute Gasteiger partial charge is 0.454 e. The number of ether oxygens (including phenoxy) is 2. The van der Waals surface area contributed by atoms with E-state index >= 15 is 0 Å². The number of rotatable bonds is 1. The number of hydrogen-bond donors (Lipinski definition) is 1. The Morgan fingerprint density at radius 1 is 1.50 bits per heavy atom. The van der Waals surface area contributed by atoms with Crippen LogP contribution < -0.4 is 9.47 Å². The van der Waals surface area contributed by atoms with Crippen molar-refractivity contribution in [1.29, 1.82) is 5.26 Å². The molecule has 72 valence electrons. The fourth-order valence-corrected chi connectivity index (χ4v) is 1.79. The van der Waals surface area contributed by atoms with Gasteiger partial charge in [0.15, 0.2) is 17.6 Å². The van der Waals surface area contributed by atoms with Crippen molar-refractivity contribution in [2.45, 2.75) is 6.10 Å². The molecule has 0 aliphatic carbocycles. The minimum atomic E-state index is -1.14. The van der Waals surface area contributed by atoms with Crippen LogP contribution in [0.4, 0.5) is 0 Å². The Morgan fingerprint density at radius 2 is 2.29 bits per heavy atom. The van der Waals surface area contributed by atoms with E-state index < -0.39 is 6.10 Å². The van der Waals surface area contributed by atoms with Crippen molar-refractivity contribution in [2.75, 3.05) is 6.79 Å². The first-order valence-electron chi connectivity index (χ1n) is 3.89. The monoisotopic (exact) mass is 255 g/mol. The number of aliphatic hydroxyl groups excluding tert-OH is 1. The fraction of sp³-hybridized carbons (Fsp3) is 0.222. The number of nitrogens with zero attached hydrogens (tertiary/aromatic N) is 1. The predicted molar refractivity (Wildman–Crippen MR) is 50.8 cm³/mol. The van der Waals surface area contributed by atoms with E-state index in [1.807, 2.05) is 0 Å². The number of nitriles is 1. The molecule has 0 radical (unpaired) electrons. The van der Waals surface area contributed by atoms with Crippen molar-refractivity contribution in [1.82, 2.24) is 0 Å². The predicted octanol–water partition coefficient (Wildman–Crippen LogP) is 1.73. The first-order chi connectivity index (χ1) is 6.72. The molecule has 1 aromatic rings. The van der Waals surface area contributed by atoms with Gasteiger partial charge in [-0.05, 0) is 33.6 Å². The smallest absolute Gasteiger partial charge is 0.231 e. The Balaban J connectivity index is 2.48. The van der Waals surface area contributed by atoms with Crippen LogP contribution in [0.3, 0.4) is 0 Å². The second-order valence-electron chi connectivity index (χ2n) is 2.77. The lowest BCUT2D eigenvalue weighted by atomic mass is 10.1. The Kier molecular flexibility index (Phi) is 2.32. The maximum absolute atomic E-state index is 9.31. The lowest BCUT2D eigenvalue weighted by Crippen LogP contribution is -1.93. The Labute approximate surface area is 88.8 Å². The van der Waals surface area contributed by atoms with Gasteiger partial charge in [-0.25, -0.2) is 0 Å². The molecule has 5 heteroatoms. The quantitative estimate of drug-likeness (QED) is 0.777. The van der Waals surface area contributed by atoms with Crippen LogP contribution in [0.5, 0.6) is 11.5 Å². The molecule has 1 atom stereocenters. The van der Waals surface area contributed by atoms with Gasteiger partial charge in [-0.3, -0.25) is 0 Å². The van der Waals surface area contributed by atoms with Gasteiger partial charge >= 0.3 is 0 Å². The van der Waals surface area contributed by atoms with Crippen molar-refractivity contribution in [3.05, 3.63) is 22.2 Å². The normalized spacial score (nSPS) is 14.9. The minimum Gasteiger partial charge on any atom is -0.454 e. The zero-order chi connectivity index (χ0) is 10.1. The van der Waals surface area contributed by atoms with Gasteiger partial charge in [0.2, 0.25) is 6.79 Å². The number of hydrogen-bond acceptors (Lipinski definition) is 4. The first kappa shape index (κ1) is 9.31. The third-order valence-corrected chi connectivity index (χ3v) is 2.48. The Bertz CT molecular complexity index is 413. The molecule has 1 N–H and O–H groups in total. The molecule has 2 rings (SSSR count). The molecular formula is C9H6BrNO3. The summed E-state index contributed by atoms with van der Waals surface area (Å²) < 4.78 is 11.0. The summed E-state index contributed by atoms with van der Waals surface area (Å²) in [6.45, 7) is 0.167. The minimum absolute atomic E-state index is 0.167. The van der Waals surface area contributed by atoms with E-state index in [1.54, 1.807) is 18.2 Å². The third-order valence-electron chi connectivity index (χ3n) is 1.89. The molecule has 0 spiro atoms. The molecule has 0 saturated heterocycles. The van der Waals surface area contributed by atoms with E-state index in [1.165, 1.54) is 0 Å². The number of benzene rings is 1. The molecule has 1 unspecified atom stereocenters. The second kappa shape index (κ2) is 3.48. The highest BCUT2D eigenvalue weighted by Crippen LogP contribution is 2.41. The summed E-state index contributed by atoms with van der Waals surface area (Å²) in [5.74, 6) is 1.16. The molecule has 14 heavy (non-hydrogen) atoms. The average Bonchev–Trinajstić information content (AvgIpc) is 2.64. The van der Waals surface area contributed by atoms with E-state index in [9.17, 15) is 5.11 Å². The van der Waals surface area contributed by atoms with E-state index in [0.717, 1.165) is 0 Å². The first-order valence-corrected chi connectivity index (χ1v) is 4.68. The molecule has 0 aromatic heterocycles. The molecule has 1 aromatic carbocycles. The average molecular weight is 256 g/mol. The molecule has 0 amide bonds. The van der Waals surface area contributed by atoms with Crippen LogP contribution >= 0.6 is 15.9 Å². The summed E-state index contributed by atoms with van der Waals surface area (Å²) in [7, 11) is 0. The maximum Gasteiger partial charge on any atom is 0.231 e. The van der Waals surface area contributed by atoms with Gasteiger partial charge < -0.3 is 14.6 Å². The van der Waals surface area contributed by atoms with E-state index in [2.05, 4.69) is 15.9 Å². The van der Waals surface area contributed by atoms with Crippen LogP contribution in [-0.4, -0.2) is 11.9 Å². The molecule has 0 fully saturated rings. The highest BCUT2D eigenvalue weighted by atomic mass is 79.9. The molecule has 1 aliphatic rings. The zero-order valence-electron chi connectivity index (χ0n) is 7.03. The van der Waals surface area contributed by atoms with Crippen LogP contribution in [0.25, 0.3) is 0 Å². The Hall–Kier alpha value is -1.25. The van der Waals surface area contributed by atoms with Gasteiger partial charge in [0.05, 0.1) is 10.5 Å². The highest BCUT2D eigenvalue weighted by molar-refractivity contribution is 9.10. The van der Waals surface area contributed by atoms with Gasteiger partial charge in [-0.15, -0.1) is 0 Å². The number of halogens is 1.